The van der Waals surface area contributed by atoms with Crippen LogP contribution in [0.1, 0.15) is 187 Å². The number of aliphatic hydroxyl groups is 2. The van der Waals surface area contributed by atoms with Gasteiger partial charge in [-0.3, -0.25) is 4.79 Å². The number of rotatable bonds is 39. The molecule has 3 N–H and O–H groups in total. The number of hydrogen-bond acceptors (Lipinski definition) is 3. The van der Waals surface area contributed by atoms with Crippen molar-refractivity contribution in [2.75, 3.05) is 6.61 Å². The first-order valence-electron chi connectivity index (χ1n) is 22.6. The second kappa shape index (κ2) is 45.4. The van der Waals surface area contributed by atoms with Crippen molar-refractivity contribution < 1.29 is 15.0 Å². The van der Waals surface area contributed by atoms with Crippen LogP contribution in [0.15, 0.2) is 109 Å². The van der Waals surface area contributed by atoms with Crippen LogP contribution in [0, 0.1) is 0 Å². The molecule has 0 spiro atoms. The molecule has 0 aliphatic carbocycles. The van der Waals surface area contributed by atoms with Gasteiger partial charge in [0, 0.05) is 6.42 Å². The van der Waals surface area contributed by atoms with Gasteiger partial charge in [-0.25, -0.2) is 0 Å². The van der Waals surface area contributed by atoms with Gasteiger partial charge in [-0.15, -0.1) is 0 Å². The Kier molecular flexibility index (Phi) is 43.0. The first kappa shape index (κ1) is 52.0. The Morgan fingerprint density at radius 2 is 0.800 bits per heavy atom. The number of hydrogen-bond donors (Lipinski definition) is 3. The van der Waals surface area contributed by atoms with Crippen LogP contribution in [-0.4, -0.2) is 34.9 Å². The minimum atomic E-state index is -0.857. The van der Waals surface area contributed by atoms with Crippen molar-refractivity contribution in [1.29, 1.82) is 0 Å². The lowest BCUT2D eigenvalue weighted by Gasteiger charge is -2.20. The van der Waals surface area contributed by atoms with E-state index in [-0.39, 0.29) is 12.5 Å². The summed E-state index contributed by atoms with van der Waals surface area (Å²) in [5, 5.41) is 23.0. The Labute approximate surface area is 340 Å². The third-order valence-corrected chi connectivity index (χ3v) is 9.51. The fraction of sp³-hybridized carbons (Fsp3) is 0.627. The Morgan fingerprint density at radius 1 is 0.455 bits per heavy atom. The van der Waals surface area contributed by atoms with Crippen LogP contribution < -0.4 is 5.32 Å². The third kappa shape index (κ3) is 42.0. The molecule has 312 valence electrons. The maximum absolute atomic E-state index is 12.4. The van der Waals surface area contributed by atoms with Crippen LogP contribution in [-0.2, 0) is 4.79 Å². The first-order valence-corrected chi connectivity index (χ1v) is 22.6. The zero-order valence-electron chi connectivity index (χ0n) is 35.6. The van der Waals surface area contributed by atoms with Crippen molar-refractivity contribution in [1.82, 2.24) is 5.32 Å². The number of allylic oxidation sites excluding steroid dienone is 17. The summed E-state index contributed by atoms with van der Waals surface area (Å²) in [6.07, 6.45) is 69.0. The second-order valence-electron chi connectivity index (χ2n) is 14.7. The molecule has 0 bridgehead atoms. The fourth-order valence-corrected chi connectivity index (χ4v) is 6.07. The molecule has 0 aliphatic rings. The van der Waals surface area contributed by atoms with Crippen molar-refractivity contribution in [3.05, 3.63) is 109 Å². The topological polar surface area (TPSA) is 69.6 Å². The van der Waals surface area contributed by atoms with E-state index in [1.807, 2.05) is 6.08 Å². The monoisotopic (exact) mass is 760 g/mol. The number of amides is 1. The summed E-state index contributed by atoms with van der Waals surface area (Å²) in [4.78, 5) is 12.4. The summed E-state index contributed by atoms with van der Waals surface area (Å²) in [5.41, 5.74) is 0. The highest BCUT2D eigenvalue weighted by Gasteiger charge is 2.17. The molecular weight excluding hydrogens is 675 g/mol. The Balaban J connectivity index is 3.72. The van der Waals surface area contributed by atoms with Crippen molar-refractivity contribution in [3.63, 3.8) is 0 Å². The lowest BCUT2D eigenvalue weighted by molar-refractivity contribution is -0.123. The second-order valence-corrected chi connectivity index (χ2v) is 14.7. The maximum Gasteiger partial charge on any atom is 0.220 e. The average Bonchev–Trinajstić information content (AvgIpc) is 3.19. The summed E-state index contributed by atoms with van der Waals surface area (Å²) >= 11 is 0. The molecule has 0 heterocycles. The SMILES string of the molecule is CC/C=C\C/C=C\C/C=C\C/C=C\C/C=C\C/C=C\C/C=C\C/C=C\CCCCCCC(=O)NC(CO)C(O)/C=C/CCCCCCCCCCCCCC. The van der Waals surface area contributed by atoms with Gasteiger partial charge in [0.25, 0.3) is 0 Å². The summed E-state index contributed by atoms with van der Waals surface area (Å²) in [6.45, 7) is 4.17. The molecule has 0 aliphatic heterocycles. The van der Waals surface area contributed by atoms with E-state index in [0.717, 1.165) is 96.3 Å². The Bertz CT molecular complexity index is 1090. The summed E-state index contributed by atoms with van der Waals surface area (Å²) in [7, 11) is 0. The van der Waals surface area contributed by atoms with E-state index in [4.69, 9.17) is 0 Å². The molecule has 0 radical (unpaired) electrons. The molecule has 0 saturated heterocycles. The zero-order valence-corrected chi connectivity index (χ0v) is 35.6. The number of aliphatic hydroxyl groups excluding tert-OH is 2. The molecule has 2 unspecified atom stereocenters. The summed E-state index contributed by atoms with van der Waals surface area (Å²) in [6, 6.07) is -0.643. The minimum absolute atomic E-state index is 0.0943. The van der Waals surface area contributed by atoms with Gasteiger partial charge in [-0.1, -0.05) is 207 Å². The van der Waals surface area contributed by atoms with Crippen LogP contribution >= 0.6 is 0 Å². The van der Waals surface area contributed by atoms with E-state index >= 15 is 0 Å². The standard InChI is InChI=1S/C51H85NO3/c1-3-5-7-9-11-13-15-17-19-20-21-22-23-24-25-26-27-28-29-30-31-32-33-35-37-39-41-43-45-47-51(55)52-49(48-53)50(54)46-44-42-40-38-36-34-18-16-14-12-10-8-6-4-2/h5,7,11,13,17,19,21-22,24-25,27-28,30-31,33,35,44,46,49-50,53-54H,3-4,6,8-10,12,14-16,18,20,23,26,29,32,34,36-43,45,47-48H2,1-2H3,(H,52,55)/b7-5-,13-11-,19-17-,22-21-,25-24-,28-27-,31-30-,35-33-,46-44+. The van der Waals surface area contributed by atoms with Crippen LogP contribution in [0.3, 0.4) is 0 Å². The van der Waals surface area contributed by atoms with Crippen molar-refractivity contribution in [2.24, 2.45) is 0 Å². The Morgan fingerprint density at radius 3 is 1.20 bits per heavy atom. The third-order valence-electron chi connectivity index (χ3n) is 9.51. The lowest BCUT2D eigenvalue weighted by atomic mass is 10.0. The van der Waals surface area contributed by atoms with Crippen molar-refractivity contribution >= 4 is 5.91 Å². The van der Waals surface area contributed by atoms with Crippen LogP contribution in [0.2, 0.25) is 0 Å². The first-order chi connectivity index (χ1) is 27.2. The van der Waals surface area contributed by atoms with Gasteiger partial charge in [-0.05, 0) is 83.5 Å². The smallest absolute Gasteiger partial charge is 0.220 e. The molecule has 0 aromatic rings. The van der Waals surface area contributed by atoms with Crippen LogP contribution in [0.4, 0.5) is 0 Å². The molecule has 4 nitrogen and oxygen atoms in total. The van der Waals surface area contributed by atoms with Gasteiger partial charge in [0.15, 0.2) is 0 Å². The molecule has 1 amide bonds. The zero-order chi connectivity index (χ0) is 40.0. The molecule has 0 aromatic heterocycles. The number of nitrogens with one attached hydrogen (secondary N) is 1. The van der Waals surface area contributed by atoms with Crippen molar-refractivity contribution in [3.8, 4) is 0 Å². The van der Waals surface area contributed by atoms with E-state index in [0.29, 0.717) is 6.42 Å². The lowest BCUT2D eigenvalue weighted by Crippen LogP contribution is -2.45. The summed E-state index contributed by atoms with van der Waals surface area (Å²) < 4.78 is 0. The maximum atomic E-state index is 12.4. The quantitative estimate of drug-likeness (QED) is 0.0432. The summed E-state index contributed by atoms with van der Waals surface area (Å²) in [5.74, 6) is -0.0943. The highest BCUT2D eigenvalue weighted by atomic mass is 16.3. The van der Waals surface area contributed by atoms with E-state index in [1.165, 1.54) is 70.6 Å². The molecule has 55 heavy (non-hydrogen) atoms. The molecule has 0 fully saturated rings. The van der Waals surface area contributed by atoms with Gasteiger partial charge in [0.05, 0.1) is 18.8 Å². The molecular formula is C51H85NO3. The van der Waals surface area contributed by atoms with Crippen molar-refractivity contribution in [2.45, 2.75) is 199 Å². The molecule has 0 aromatic carbocycles. The predicted octanol–water partition coefficient (Wildman–Crippen LogP) is 14.4. The van der Waals surface area contributed by atoms with Gasteiger partial charge in [0.1, 0.15) is 0 Å². The van der Waals surface area contributed by atoms with Crippen LogP contribution in [0.25, 0.3) is 0 Å². The van der Waals surface area contributed by atoms with E-state index in [1.54, 1.807) is 6.08 Å². The molecule has 0 saturated carbocycles. The Hall–Kier alpha value is -2.95. The molecule has 4 heteroatoms. The molecule has 0 rings (SSSR count). The molecule has 2 atom stereocenters. The van der Waals surface area contributed by atoms with Gasteiger partial charge in [-0.2, -0.15) is 0 Å². The fourth-order valence-electron chi connectivity index (χ4n) is 6.07. The van der Waals surface area contributed by atoms with E-state index in [9.17, 15) is 15.0 Å². The highest BCUT2D eigenvalue weighted by molar-refractivity contribution is 5.76. The van der Waals surface area contributed by atoms with Crippen LogP contribution in [0.5, 0.6) is 0 Å². The van der Waals surface area contributed by atoms with Gasteiger partial charge in [0.2, 0.25) is 5.91 Å². The van der Waals surface area contributed by atoms with Gasteiger partial charge >= 0.3 is 0 Å². The van der Waals surface area contributed by atoms with Gasteiger partial charge < -0.3 is 15.5 Å². The largest absolute Gasteiger partial charge is 0.394 e. The van der Waals surface area contributed by atoms with E-state index < -0.39 is 12.1 Å². The number of unbranched alkanes of at least 4 members (excludes halogenated alkanes) is 16. The number of carbonyl (C=O) groups excluding carboxylic acids is 1. The van der Waals surface area contributed by atoms with E-state index in [2.05, 4.69) is 116 Å². The highest BCUT2D eigenvalue weighted by Crippen LogP contribution is 2.13. The normalized spacial score (nSPS) is 14.0. The number of carbonyl (C=O) groups is 1. The average molecular weight is 760 g/mol. The minimum Gasteiger partial charge on any atom is -0.394 e. The predicted molar refractivity (Wildman–Crippen MR) is 243 cm³/mol.